The van der Waals surface area contributed by atoms with Crippen LogP contribution in [0.2, 0.25) is 0 Å². The van der Waals surface area contributed by atoms with Crippen molar-refractivity contribution in [3.63, 3.8) is 0 Å². The number of pyridine rings is 1. The van der Waals surface area contributed by atoms with Crippen molar-refractivity contribution in [3.05, 3.63) is 169 Å². The molecule has 0 aliphatic heterocycles. The van der Waals surface area contributed by atoms with Crippen molar-refractivity contribution in [3.8, 4) is 16.8 Å². The van der Waals surface area contributed by atoms with Crippen molar-refractivity contribution in [1.82, 2.24) is 9.55 Å². The second kappa shape index (κ2) is 11.0. The highest BCUT2D eigenvalue weighted by Gasteiger charge is 2.16. The number of benzene rings is 5. The Morgan fingerprint density at radius 3 is 2.30 bits per heavy atom. The van der Waals surface area contributed by atoms with Crippen molar-refractivity contribution in [1.29, 1.82) is 0 Å². The fourth-order valence-electron chi connectivity index (χ4n) is 5.91. The standard InChI is InChI=1S/C40H31N3/c1-27(10-9-15-38(41)37-26-42-23-22-28(37)2)30-16-20-35-36-21-18-32-24-31(29-11-5-3-6-12-29)17-19-34(32)40(36)43(39(35)25-30)33-13-7-4-8-14-33/h3-26H,1,41H2,2H3/b10-9-,38-15-. The molecular formula is C40H31N3. The minimum Gasteiger partial charge on any atom is -0.398 e. The molecule has 0 amide bonds. The predicted octanol–water partition coefficient (Wildman–Crippen LogP) is 9.88. The van der Waals surface area contributed by atoms with Crippen LogP contribution in [-0.4, -0.2) is 9.55 Å². The van der Waals surface area contributed by atoms with E-state index in [0.29, 0.717) is 5.70 Å². The van der Waals surface area contributed by atoms with Crippen LogP contribution < -0.4 is 5.73 Å². The van der Waals surface area contributed by atoms with Crippen LogP contribution >= 0.6 is 0 Å². The fraction of sp³-hybridized carbons (Fsp3) is 0.0250. The summed E-state index contributed by atoms with van der Waals surface area (Å²) in [7, 11) is 0. The Labute approximate surface area is 251 Å². The molecule has 0 unspecified atom stereocenters. The van der Waals surface area contributed by atoms with E-state index < -0.39 is 0 Å². The van der Waals surface area contributed by atoms with Gasteiger partial charge in [0.15, 0.2) is 0 Å². The molecule has 0 radical (unpaired) electrons. The lowest BCUT2D eigenvalue weighted by Gasteiger charge is -2.11. The maximum Gasteiger partial charge on any atom is 0.0619 e. The SMILES string of the molecule is C=C(/C=C\C=C(/N)c1cnccc1C)c1ccc2c3ccc4cc(-c5ccccc5)ccc4c3n(-c3ccccc3)c2c1. The van der Waals surface area contributed by atoms with E-state index in [0.717, 1.165) is 33.5 Å². The molecule has 3 heteroatoms. The number of nitrogens with zero attached hydrogens (tertiary/aromatic N) is 2. The Kier molecular flexibility index (Phi) is 6.69. The lowest BCUT2D eigenvalue weighted by molar-refractivity contribution is 1.19. The highest BCUT2D eigenvalue weighted by Crippen LogP contribution is 2.38. The summed E-state index contributed by atoms with van der Waals surface area (Å²) in [5, 5.41) is 4.89. The topological polar surface area (TPSA) is 43.8 Å². The highest BCUT2D eigenvalue weighted by molar-refractivity contribution is 6.19. The van der Waals surface area contributed by atoms with Gasteiger partial charge in [-0.05, 0) is 76.5 Å². The van der Waals surface area contributed by atoms with Gasteiger partial charge in [0.2, 0.25) is 0 Å². The van der Waals surface area contributed by atoms with E-state index in [9.17, 15) is 0 Å². The van der Waals surface area contributed by atoms with Gasteiger partial charge >= 0.3 is 0 Å². The number of rotatable bonds is 6. The summed E-state index contributed by atoms with van der Waals surface area (Å²) in [6.07, 6.45) is 9.45. The molecule has 0 saturated heterocycles. The molecule has 0 atom stereocenters. The molecule has 0 aliphatic carbocycles. The molecule has 0 saturated carbocycles. The first-order chi connectivity index (χ1) is 21.1. The summed E-state index contributed by atoms with van der Waals surface area (Å²) in [5.41, 5.74) is 17.0. The first kappa shape index (κ1) is 26.2. The van der Waals surface area contributed by atoms with Crippen molar-refractivity contribution >= 4 is 43.8 Å². The molecule has 3 nitrogen and oxygen atoms in total. The van der Waals surface area contributed by atoms with Gasteiger partial charge in [0.05, 0.1) is 11.0 Å². The van der Waals surface area contributed by atoms with Crippen molar-refractivity contribution < 1.29 is 0 Å². The molecule has 0 aliphatic rings. The first-order valence-electron chi connectivity index (χ1n) is 14.4. The molecule has 2 N–H and O–H groups in total. The number of hydrogen-bond acceptors (Lipinski definition) is 2. The monoisotopic (exact) mass is 553 g/mol. The van der Waals surface area contributed by atoms with Crippen molar-refractivity contribution in [2.45, 2.75) is 6.92 Å². The molecule has 43 heavy (non-hydrogen) atoms. The molecule has 2 aromatic heterocycles. The number of fused-ring (bicyclic) bond motifs is 5. The van der Waals surface area contributed by atoms with Gasteiger partial charge in [0.1, 0.15) is 0 Å². The maximum atomic E-state index is 6.35. The summed E-state index contributed by atoms with van der Waals surface area (Å²) in [5.74, 6) is 0. The average molecular weight is 554 g/mol. The number of aryl methyl sites for hydroxylation is 1. The Bertz CT molecular complexity index is 2200. The van der Waals surface area contributed by atoms with Crippen LogP contribution in [-0.2, 0) is 0 Å². The lowest BCUT2D eigenvalue weighted by Crippen LogP contribution is -1.98. The van der Waals surface area contributed by atoms with Gasteiger partial charge in [-0.25, -0.2) is 0 Å². The third-order valence-corrected chi connectivity index (χ3v) is 8.16. The Hall–Kier alpha value is -5.67. The van der Waals surface area contributed by atoms with E-state index >= 15 is 0 Å². The van der Waals surface area contributed by atoms with Crippen molar-refractivity contribution in [2.75, 3.05) is 0 Å². The third kappa shape index (κ3) is 4.81. The molecule has 2 heterocycles. The van der Waals surface area contributed by atoms with Gasteiger partial charge in [0, 0.05) is 45.5 Å². The summed E-state index contributed by atoms with van der Waals surface area (Å²) in [6, 6.07) is 41.0. The summed E-state index contributed by atoms with van der Waals surface area (Å²) in [4.78, 5) is 4.21. The summed E-state index contributed by atoms with van der Waals surface area (Å²) >= 11 is 0. The lowest BCUT2D eigenvalue weighted by atomic mass is 9.99. The van der Waals surface area contributed by atoms with Gasteiger partial charge in [-0.1, -0.05) is 104 Å². The quantitative estimate of drug-likeness (QED) is 0.208. The average Bonchev–Trinajstić information content (AvgIpc) is 3.39. The van der Waals surface area contributed by atoms with Gasteiger partial charge < -0.3 is 10.3 Å². The highest BCUT2D eigenvalue weighted by atomic mass is 15.0. The Morgan fingerprint density at radius 1 is 0.767 bits per heavy atom. The molecule has 7 aromatic rings. The van der Waals surface area contributed by atoms with Crippen LogP contribution in [0, 0.1) is 6.92 Å². The number of allylic oxidation sites excluding steroid dienone is 4. The number of aromatic nitrogens is 2. The number of para-hydroxylation sites is 1. The maximum absolute atomic E-state index is 6.35. The van der Waals surface area contributed by atoms with Crippen LogP contribution in [0.1, 0.15) is 16.7 Å². The smallest absolute Gasteiger partial charge is 0.0619 e. The molecule has 0 fully saturated rings. The van der Waals surface area contributed by atoms with Crippen LogP contribution in [0.15, 0.2) is 152 Å². The number of nitrogens with two attached hydrogens (primary N) is 1. The first-order valence-corrected chi connectivity index (χ1v) is 14.4. The zero-order valence-corrected chi connectivity index (χ0v) is 24.0. The molecule has 206 valence electrons. The van der Waals surface area contributed by atoms with Gasteiger partial charge in [-0.15, -0.1) is 0 Å². The van der Waals surface area contributed by atoms with Gasteiger partial charge in [-0.2, -0.15) is 0 Å². The van der Waals surface area contributed by atoms with Crippen LogP contribution in [0.25, 0.3) is 60.7 Å². The van der Waals surface area contributed by atoms with E-state index in [1.165, 1.54) is 38.2 Å². The minimum absolute atomic E-state index is 0.677. The van der Waals surface area contributed by atoms with E-state index in [-0.39, 0.29) is 0 Å². The largest absolute Gasteiger partial charge is 0.398 e. The molecule has 5 aromatic carbocycles. The fourth-order valence-corrected chi connectivity index (χ4v) is 5.91. The van der Waals surface area contributed by atoms with Crippen LogP contribution in [0.3, 0.4) is 0 Å². The van der Waals surface area contributed by atoms with Crippen LogP contribution in [0.4, 0.5) is 0 Å². The van der Waals surface area contributed by atoms with E-state index in [1.807, 2.05) is 31.2 Å². The van der Waals surface area contributed by atoms with E-state index in [4.69, 9.17) is 5.73 Å². The normalized spacial score (nSPS) is 12.1. The molecule has 0 spiro atoms. The summed E-state index contributed by atoms with van der Waals surface area (Å²) in [6.45, 7) is 6.42. The van der Waals surface area contributed by atoms with E-state index in [2.05, 4.69) is 125 Å². The minimum atomic E-state index is 0.677. The number of hydrogen-bond donors (Lipinski definition) is 1. The van der Waals surface area contributed by atoms with Crippen molar-refractivity contribution in [2.24, 2.45) is 5.73 Å². The van der Waals surface area contributed by atoms with Crippen LogP contribution in [0.5, 0.6) is 0 Å². The van der Waals surface area contributed by atoms with Gasteiger partial charge in [-0.3, -0.25) is 4.98 Å². The zero-order chi connectivity index (χ0) is 29.3. The third-order valence-electron chi connectivity index (χ3n) is 8.16. The molecule has 0 bridgehead atoms. The van der Waals surface area contributed by atoms with E-state index in [1.54, 1.807) is 12.4 Å². The second-order valence-corrected chi connectivity index (χ2v) is 10.9. The second-order valence-electron chi connectivity index (χ2n) is 10.9. The Balaban J connectivity index is 1.35. The zero-order valence-electron chi connectivity index (χ0n) is 24.0. The van der Waals surface area contributed by atoms with Gasteiger partial charge in [0.25, 0.3) is 0 Å². The molecular weight excluding hydrogens is 522 g/mol. The molecule has 7 rings (SSSR count). The predicted molar refractivity (Wildman–Crippen MR) is 183 cm³/mol. The Morgan fingerprint density at radius 2 is 1.51 bits per heavy atom. The summed E-state index contributed by atoms with van der Waals surface area (Å²) < 4.78 is 2.39.